The first-order chi connectivity index (χ1) is 12.1. The van der Waals surface area contributed by atoms with E-state index in [0.29, 0.717) is 31.2 Å². The molecule has 0 aliphatic heterocycles. The molecule has 2 N–H and O–H groups in total. The summed E-state index contributed by atoms with van der Waals surface area (Å²) in [7, 11) is 0. The van der Waals surface area contributed by atoms with Gasteiger partial charge in [0.05, 0.1) is 6.10 Å². The van der Waals surface area contributed by atoms with E-state index in [1.807, 2.05) is 12.1 Å². The van der Waals surface area contributed by atoms with Crippen LogP contribution in [-0.4, -0.2) is 28.1 Å². The summed E-state index contributed by atoms with van der Waals surface area (Å²) in [5, 5.41) is 12.7. The number of aliphatic hydroxyl groups excluding tert-OH is 1. The fourth-order valence-corrected chi connectivity index (χ4v) is 3.30. The van der Waals surface area contributed by atoms with E-state index in [1.54, 1.807) is 30.6 Å². The molecule has 1 atom stereocenters. The molecule has 1 aromatic heterocycles. The van der Waals surface area contributed by atoms with Crippen LogP contribution in [-0.2, 0) is 17.6 Å². The molecule has 0 saturated heterocycles. The van der Waals surface area contributed by atoms with Crippen LogP contribution in [0.15, 0.2) is 48.8 Å². The van der Waals surface area contributed by atoms with Gasteiger partial charge in [0, 0.05) is 24.9 Å². The van der Waals surface area contributed by atoms with E-state index >= 15 is 0 Å². The van der Waals surface area contributed by atoms with Crippen LogP contribution in [0, 0.1) is 11.7 Å². The molecule has 5 heteroatoms. The van der Waals surface area contributed by atoms with Gasteiger partial charge in [-0.2, -0.15) is 0 Å². The van der Waals surface area contributed by atoms with E-state index in [1.165, 1.54) is 6.07 Å². The summed E-state index contributed by atoms with van der Waals surface area (Å²) in [6.45, 7) is 0. The van der Waals surface area contributed by atoms with Crippen LogP contribution >= 0.6 is 0 Å². The topological polar surface area (TPSA) is 62.2 Å². The van der Waals surface area contributed by atoms with Crippen molar-refractivity contribution >= 4 is 5.91 Å². The first kappa shape index (κ1) is 17.5. The van der Waals surface area contributed by atoms with Crippen LogP contribution < -0.4 is 5.32 Å². The normalized spacial score (nSPS) is 20.6. The lowest BCUT2D eigenvalue weighted by Gasteiger charge is -2.38. The fourth-order valence-electron chi connectivity index (χ4n) is 3.30. The summed E-state index contributed by atoms with van der Waals surface area (Å²) in [6.07, 6.45) is 5.99. The van der Waals surface area contributed by atoms with E-state index in [-0.39, 0.29) is 36.2 Å². The summed E-state index contributed by atoms with van der Waals surface area (Å²) in [5.74, 6) is -0.0740. The van der Waals surface area contributed by atoms with Crippen molar-refractivity contribution in [3.8, 4) is 0 Å². The number of aliphatic hydroxyl groups is 1. The highest BCUT2D eigenvalue weighted by Crippen LogP contribution is 2.31. The molecule has 0 unspecified atom stereocenters. The summed E-state index contributed by atoms with van der Waals surface area (Å²) in [5.41, 5.74) is 1.66. The Kier molecular flexibility index (Phi) is 5.76. The highest BCUT2D eigenvalue weighted by Gasteiger charge is 2.34. The standard InChI is InChI=1S/C20H23FN2O2/c21-18-4-2-1-3-15(18)5-6-20(25)23-19(16-12-17(24)13-16)11-14-7-9-22-10-8-14/h1-4,7-10,16-17,19,24H,5-6,11-13H2,(H,23,25)/t16?,17?,19-/m0/s1. The van der Waals surface area contributed by atoms with E-state index < -0.39 is 0 Å². The zero-order valence-corrected chi connectivity index (χ0v) is 14.1. The Hall–Kier alpha value is -2.27. The minimum absolute atomic E-state index is 0.0149. The maximum Gasteiger partial charge on any atom is 0.220 e. The van der Waals surface area contributed by atoms with Crippen LogP contribution in [0.1, 0.15) is 30.4 Å². The lowest BCUT2D eigenvalue weighted by molar-refractivity contribution is -0.122. The molecule has 1 fully saturated rings. The van der Waals surface area contributed by atoms with Crippen LogP contribution in [0.25, 0.3) is 0 Å². The Morgan fingerprint density at radius 1 is 1.24 bits per heavy atom. The lowest BCUT2D eigenvalue weighted by Crippen LogP contribution is -2.48. The number of rotatable bonds is 7. The zero-order chi connectivity index (χ0) is 17.6. The minimum atomic E-state index is -0.272. The third-order valence-corrected chi connectivity index (χ3v) is 4.85. The zero-order valence-electron chi connectivity index (χ0n) is 14.1. The SMILES string of the molecule is O=C(CCc1ccccc1F)N[C@@H](Cc1ccncc1)C1CC(O)C1. The van der Waals surface area contributed by atoms with Crippen LogP contribution in [0.3, 0.4) is 0 Å². The fraction of sp³-hybridized carbons (Fsp3) is 0.400. The highest BCUT2D eigenvalue weighted by atomic mass is 19.1. The molecule has 1 heterocycles. The number of aryl methyl sites for hydroxylation is 1. The van der Waals surface area contributed by atoms with E-state index in [0.717, 1.165) is 5.56 Å². The molecule has 0 radical (unpaired) electrons. The van der Waals surface area contributed by atoms with Crippen molar-refractivity contribution in [2.24, 2.45) is 5.92 Å². The molecule has 2 aromatic rings. The molecule has 1 aliphatic carbocycles. The Morgan fingerprint density at radius 3 is 2.64 bits per heavy atom. The van der Waals surface area contributed by atoms with E-state index in [2.05, 4.69) is 10.3 Å². The Balaban J connectivity index is 1.57. The second-order valence-electron chi connectivity index (χ2n) is 6.71. The maximum atomic E-state index is 13.7. The average molecular weight is 342 g/mol. The average Bonchev–Trinajstić information content (AvgIpc) is 2.59. The Labute approximate surface area is 147 Å². The van der Waals surface area contributed by atoms with Gasteiger partial charge in [0.2, 0.25) is 5.91 Å². The lowest BCUT2D eigenvalue weighted by atomic mass is 9.75. The molecule has 0 bridgehead atoms. The number of hydrogen-bond donors (Lipinski definition) is 2. The number of aromatic nitrogens is 1. The van der Waals surface area contributed by atoms with Gasteiger partial charge < -0.3 is 10.4 Å². The van der Waals surface area contributed by atoms with Crippen molar-refractivity contribution in [1.82, 2.24) is 10.3 Å². The van der Waals surface area contributed by atoms with Gasteiger partial charge in [0.25, 0.3) is 0 Å². The third-order valence-electron chi connectivity index (χ3n) is 4.85. The number of nitrogens with zero attached hydrogens (tertiary/aromatic N) is 1. The molecule has 3 rings (SSSR count). The predicted molar refractivity (Wildman–Crippen MR) is 93.3 cm³/mol. The quantitative estimate of drug-likeness (QED) is 0.813. The molecule has 1 saturated carbocycles. The second kappa shape index (κ2) is 8.21. The summed E-state index contributed by atoms with van der Waals surface area (Å²) in [6, 6.07) is 10.4. The molecule has 1 aromatic carbocycles. The summed E-state index contributed by atoms with van der Waals surface area (Å²) < 4.78 is 13.7. The predicted octanol–water partition coefficient (Wildman–Crippen LogP) is 2.65. The number of hydrogen-bond acceptors (Lipinski definition) is 3. The molecule has 0 spiro atoms. The maximum absolute atomic E-state index is 13.7. The van der Waals surface area contributed by atoms with Crippen molar-refractivity contribution in [2.45, 2.75) is 44.2 Å². The smallest absolute Gasteiger partial charge is 0.220 e. The first-order valence-electron chi connectivity index (χ1n) is 8.71. The molecule has 1 aliphatic rings. The van der Waals surface area contributed by atoms with E-state index in [4.69, 9.17) is 0 Å². The van der Waals surface area contributed by atoms with Crippen LogP contribution in [0.2, 0.25) is 0 Å². The Bertz CT molecular complexity index is 702. The summed E-state index contributed by atoms with van der Waals surface area (Å²) in [4.78, 5) is 16.4. The minimum Gasteiger partial charge on any atom is -0.393 e. The van der Waals surface area contributed by atoms with Gasteiger partial charge in [-0.15, -0.1) is 0 Å². The van der Waals surface area contributed by atoms with Crippen molar-refractivity contribution < 1.29 is 14.3 Å². The monoisotopic (exact) mass is 342 g/mol. The largest absolute Gasteiger partial charge is 0.393 e. The Morgan fingerprint density at radius 2 is 1.96 bits per heavy atom. The number of halogens is 1. The molecule has 25 heavy (non-hydrogen) atoms. The number of amides is 1. The van der Waals surface area contributed by atoms with Crippen LogP contribution in [0.4, 0.5) is 4.39 Å². The van der Waals surface area contributed by atoms with Gasteiger partial charge in [-0.1, -0.05) is 18.2 Å². The van der Waals surface area contributed by atoms with Crippen molar-refractivity contribution in [3.05, 3.63) is 65.7 Å². The van der Waals surface area contributed by atoms with Gasteiger partial charge in [-0.25, -0.2) is 4.39 Å². The number of carbonyl (C=O) groups excluding carboxylic acids is 1. The molecule has 4 nitrogen and oxygen atoms in total. The van der Waals surface area contributed by atoms with Crippen molar-refractivity contribution in [3.63, 3.8) is 0 Å². The molecule has 132 valence electrons. The van der Waals surface area contributed by atoms with Crippen molar-refractivity contribution in [2.75, 3.05) is 0 Å². The molecular weight excluding hydrogens is 319 g/mol. The third kappa shape index (κ3) is 4.86. The second-order valence-corrected chi connectivity index (χ2v) is 6.71. The number of benzene rings is 1. The van der Waals surface area contributed by atoms with Gasteiger partial charge in [0.1, 0.15) is 5.82 Å². The van der Waals surface area contributed by atoms with Gasteiger partial charge in [0.15, 0.2) is 0 Å². The van der Waals surface area contributed by atoms with Crippen LogP contribution in [0.5, 0.6) is 0 Å². The first-order valence-corrected chi connectivity index (χ1v) is 8.71. The van der Waals surface area contributed by atoms with Gasteiger partial charge in [-0.05, 0) is 60.9 Å². The van der Waals surface area contributed by atoms with E-state index in [9.17, 15) is 14.3 Å². The van der Waals surface area contributed by atoms with Gasteiger partial charge in [-0.3, -0.25) is 9.78 Å². The number of carbonyl (C=O) groups is 1. The molecular formula is C20H23FN2O2. The van der Waals surface area contributed by atoms with Gasteiger partial charge >= 0.3 is 0 Å². The highest BCUT2D eigenvalue weighted by molar-refractivity contribution is 5.76. The number of nitrogens with one attached hydrogen (secondary N) is 1. The number of pyridine rings is 1. The summed E-state index contributed by atoms with van der Waals surface area (Å²) >= 11 is 0. The molecule has 1 amide bonds. The van der Waals surface area contributed by atoms with Crippen molar-refractivity contribution in [1.29, 1.82) is 0 Å².